The Balaban J connectivity index is 3.21. The maximum Gasteiger partial charge on any atom is 0.243 e. The van der Waals surface area contributed by atoms with Crippen LogP contribution < -0.4 is 0 Å². The molecule has 0 bridgehead atoms. The second-order valence-corrected chi connectivity index (χ2v) is 6.38. The van der Waals surface area contributed by atoms with E-state index in [1.54, 1.807) is 18.2 Å². The first kappa shape index (κ1) is 16.1. The lowest BCUT2D eigenvalue weighted by atomic mass is 10.1. The van der Waals surface area contributed by atoms with Crippen molar-refractivity contribution in [2.45, 2.75) is 45.1 Å². The van der Waals surface area contributed by atoms with Gasteiger partial charge in [0.25, 0.3) is 0 Å². The number of sulfonamides is 1. The topological polar surface area (TPSA) is 57.6 Å². The van der Waals surface area contributed by atoms with Gasteiger partial charge in [0.05, 0.1) is 11.5 Å². The lowest BCUT2D eigenvalue weighted by Gasteiger charge is -2.20. The molecule has 0 fully saturated rings. The highest BCUT2D eigenvalue weighted by Gasteiger charge is 2.22. The Morgan fingerprint density at radius 2 is 1.84 bits per heavy atom. The molecule has 0 aliphatic rings. The molecule has 0 radical (unpaired) electrons. The van der Waals surface area contributed by atoms with Crippen molar-refractivity contribution >= 4 is 10.0 Å². The van der Waals surface area contributed by atoms with E-state index < -0.39 is 10.0 Å². The summed E-state index contributed by atoms with van der Waals surface area (Å²) in [6.07, 6.45) is 1.57. The van der Waals surface area contributed by atoms with Crippen molar-refractivity contribution in [3.8, 4) is 0 Å². The van der Waals surface area contributed by atoms with Gasteiger partial charge < -0.3 is 5.11 Å². The highest BCUT2D eigenvalue weighted by atomic mass is 32.2. The molecule has 0 unspecified atom stereocenters. The second kappa shape index (κ2) is 7.03. The fourth-order valence-corrected chi connectivity index (χ4v) is 3.69. The molecular formula is C14H23NO3S. The van der Waals surface area contributed by atoms with Crippen molar-refractivity contribution in [1.82, 2.24) is 4.31 Å². The zero-order chi connectivity index (χ0) is 14.5. The minimum absolute atomic E-state index is 0.133. The molecule has 19 heavy (non-hydrogen) atoms. The first-order valence-corrected chi connectivity index (χ1v) is 8.18. The van der Waals surface area contributed by atoms with Gasteiger partial charge in [-0.25, -0.2) is 8.42 Å². The van der Waals surface area contributed by atoms with Crippen LogP contribution in [0.4, 0.5) is 0 Å². The van der Waals surface area contributed by atoms with Gasteiger partial charge in [-0.1, -0.05) is 26.8 Å². The lowest BCUT2D eigenvalue weighted by molar-refractivity contribution is 0.280. The number of aliphatic hydroxyl groups is 1. The first-order chi connectivity index (χ1) is 9.01. The van der Waals surface area contributed by atoms with Crippen LogP contribution in [0, 0.1) is 0 Å². The monoisotopic (exact) mass is 285 g/mol. The molecule has 1 N–H and O–H groups in total. The number of aliphatic hydroxyl groups excluding tert-OH is 1. The summed E-state index contributed by atoms with van der Waals surface area (Å²) in [7, 11) is -3.45. The smallest absolute Gasteiger partial charge is 0.243 e. The molecule has 0 saturated carbocycles. The van der Waals surface area contributed by atoms with E-state index in [1.807, 2.05) is 20.8 Å². The molecule has 108 valence electrons. The number of aryl methyl sites for hydroxylation is 1. The largest absolute Gasteiger partial charge is 0.392 e. The number of benzene rings is 1. The number of hydrogen-bond acceptors (Lipinski definition) is 3. The van der Waals surface area contributed by atoms with Crippen LogP contribution in [0.2, 0.25) is 0 Å². The average Bonchev–Trinajstić information content (AvgIpc) is 2.43. The third kappa shape index (κ3) is 3.55. The third-order valence-electron chi connectivity index (χ3n) is 3.19. The van der Waals surface area contributed by atoms with E-state index in [4.69, 9.17) is 0 Å². The number of nitrogens with zero attached hydrogens (tertiary/aromatic N) is 1. The van der Waals surface area contributed by atoms with Gasteiger partial charge in [0.15, 0.2) is 0 Å². The van der Waals surface area contributed by atoms with Crippen LogP contribution in [0.1, 0.15) is 38.3 Å². The Labute approximate surface area is 116 Å². The number of rotatable bonds is 7. The molecule has 1 aromatic carbocycles. The fraction of sp³-hybridized carbons (Fsp3) is 0.571. The van der Waals surface area contributed by atoms with Crippen molar-refractivity contribution < 1.29 is 13.5 Å². The van der Waals surface area contributed by atoms with Crippen LogP contribution in [0.5, 0.6) is 0 Å². The van der Waals surface area contributed by atoms with Crippen LogP contribution in [0.3, 0.4) is 0 Å². The summed E-state index contributed by atoms with van der Waals surface area (Å²) in [5.41, 5.74) is 1.68. The van der Waals surface area contributed by atoms with E-state index in [0.717, 1.165) is 18.4 Å². The maximum absolute atomic E-state index is 12.5. The van der Waals surface area contributed by atoms with Gasteiger partial charge >= 0.3 is 0 Å². The Kier molecular flexibility index (Phi) is 5.97. The molecule has 1 aromatic rings. The summed E-state index contributed by atoms with van der Waals surface area (Å²) < 4.78 is 26.4. The SMILES string of the molecule is CCCN(CC)S(=O)(=O)c1ccc(CC)c(CO)c1. The molecule has 0 heterocycles. The Hall–Kier alpha value is -0.910. The van der Waals surface area contributed by atoms with Gasteiger partial charge in [-0.3, -0.25) is 0 Å². The van der Waals surface area contributed by atoms with Crippen molar-refractivity contribution in [2.75, 3.05) is 13.1 Å². The molecule has 0 atom stereocenters. The van der Waals surface area contributed by atoms with Gasteiger partial charge in [-0.15, -0.1) is 0 Å². The average molecular weight is 285 g/mol. The van der Waals surface area contributed by atoms with Crippen LogP contribution >= 0.6 is 0 Å². The zero-order valence-corrected chi connectivity index (χ0v) is 12.7. The molecular weight excluding hydrogens is 262 g/mol. The summed E-state index contributed by atoms with van der Waals surface area (Å²) in [5.74, 6) is 0. The van der Waals surface area contributed by atoms with Crippen LogP contribution in [-0.2, 0) is 23.1 Å². The van der Waals surface area contributed by atoms with E-state index in [1.165, 1.54) is 4.31 Å². The van der Waals surface area contributed by atoms with E-state index >= 15 is 0 Å². The third-order valence-corrected chi connectivity index (χ3v) is 5.16. The van der Waals surface area contributed by atoms with Crippen LogP contribution in [-0.4, -0.2) is 30.9 Å². The van der Waals surface area contributed by atoms with Crippen molar-refractivity contribution in [3.05, 3.63) is 29.3 Å². The summed E-state index contributed by atoms with van der Waals surface area (Å²) in [6.45, 7) is 6.62. The summed E-state index contributed by atoms with van der Waals surface area (Å²) >= 11 is 0. The predicted molar refractivity (Wildman–Crippen MR) is 76.5 cm³/mol. The van der Waals surface area contributed by atoms with Gasteiger partial charge in [0.1, 0.15) is 0 Å². The zero-order valence-electron chi connectivity index (χ0n) is 11.9. The highest BCUT2D eigenvalue weighted by molar-refractivity contribution is 7.89. The minimum atomic E-state index is -3.45. The molecule has 0 aromatic heterocycles. The van der Waals surface area contributed by atoms with Crippen molar-refractivity contribution in [2.24, 2.45) is 0 Å². The standard InChI is InChI=1S/C14H23NO3S/c1-4-9-15(6-3)19(17,18)14-8-7-12(5-2)13(10-14)11-16/h7-8,10,16H,4-6,9,11H2,1-3H3. The number of hydrogen-bond donors (Lipinski definition) is 1. The molecule has 4 nitrogen and oxygen atoms in total. The predicted octanol–water partition coefficient (Wildman–Crippen LogP) is 2.16. The van der Waals surface area contributed by atoms with E-state index in [-0.39, 0.29) is 11.5 Å². The normalized spacial score (nSPS) is 12.1. The Morgan fingerprint density at radius 3 is 2.32 bits per heavy atom. The van der Waals surface area contributed by atoms with E-state index in [0.29, 0.717) is 18.7 Å². The molecule has 0 aliphatic carbocycles. The second-order valence-electron chi connectivity index (χ2n) is 4.44. The van der Waals surface area contributed by atoms with Gasteiger partial charge in [-0.05, 0) is 36.1 Å². The van der Waals surface area contributed by atoms with Gasteiger partial charge in [-0.2, -0.15) is 4.31 Å². The quantitative estimate of drug-likeness (QED) is 0.835. The first-order valence-electron chi connectivity index (χ1n) is 6.74. The summed E-state index contributed by atoms with van der Waals surface area (Å²) in [6, 6.07) is 5.01. The summed E-state index contributed by atoms with van der Waals surface area (Å²) in [4.78, 5) is 0.268. The van der Waals surface area contributed by atoms with Crippen molar-refractivity contribution in [3.63, 3.8) is 0 Å². The van der Waals surface area contributed by atoms with E-state index in [2.05, 4.69) is 0 Å². The van der Waals surface area contributed by atoms with Gasteiger partial charge in [0.2, 0.25) is 10.0 Å². The van der Waals surface area contributed by atoms with Crippen molar-refractivity contribution in [1.29, 1.82) is 0 Å². The fourth-order valence-electron chi connectivity index (χ4n) is 2.10. The van der Waals surface area contributed by atoms with Gasteiger partial charge in [0, 0.05) is 13.1 Å². The molecule has 0 spiro atoms. The summed E-state index contributed by atoms with van der Waals surface area (Å²) in [5, 5.41) is 9.33. The lowest BCUT2D eigenvalue weighted by Crippen LogP contribution is -2.31. The minimum Gasteiger partial charge on any atom is -0.392 e. The Bertz CT molecular complexity index is 511. The molecule has 0 saturated heterocycles. The van der Waals surface area contributed by atoms with E-state index in [9.17, 15) is 13.5 Å². The van der Waals surface area contributed by atoms with Crippen LogP contribution in [0.15, 0.2) is 23.1 Å². The van der Waals surface area contributed by atoms with Crippen LogP contribution in [0.25, 0.3) is 0 Å². The Morgan fingerprint density at radius 1 is 1.16 bits per heavy atom. The molecule has 5 heteroatoms. The highest BCUT2D eigenvalue weighted by Crippen LogP contribution is 2.20. The molecule has 1 rings (SSSR count). The maximum atomic E-state index is 12.5. The molecule has 0 aliphatic heterocycles. The molecule has 0 amide bonds.